The van der Waals surface area contributed by atoms with Crippen molar-refractivity contribution in [1.29, 1.82) is 0 Å². The third-order valence-electron chi connectivity index (χ3n) is 4.69. The fraction of sp³-hybridized carbons (Fsp3) is 0.381. The summed E-state index contributed by atoms with van der Waals surface area (Å²) in [6.07, 6.45) is 1.92. The zero-order valence-corrected chi connectivity index (χ0v) is 15.1. The SMILES string of the molecule is Cc1ccc(CNC(=O)N2CCCC(CO)C2)c(Oc2ccccc2)c1. The molecule has 0 aromatic heterocycles. The number of carbonyl (C=O) groups excluding carboxylic acids is 1. The van der Waals surface area contributed by atoms with E-state index in [0.29, 0.717) is 13.1 Å². The van der Waals surface area contributed by atoms with E-state index >= 15 is 0 Å². The van der Waals surface area contributed by atoms with Gasteiger partial charge in [0.1, 0.15) is 11.5 Å². The molecule has 138 valence electrons. The van der Waals surface area contributed by atoms with Gasteiger partial charge in [-0.25, -0.2) is 4.79 Å². The predicted octanol–water partition coefficient (Wildman–Crippen LogP) is 3.70. The van der Waals surface area contributed by atoms with E-state index < -0.39 is 0 Å². The van der Waals surface area contributed by atoms with Crippen molar-refractivity contribution in [3.8, 4) is 11.5 Å². The number of para-hydroxylation sites is 1. The topological polar surface area (TPSA) is 61.8 Å². The fourth-order valence-electron chi connectivity index (χ4n) is 3.20. The molecule has 1 saturated heterocycles. The summed E-state index contributed by atoms with van der Waals surface area (Å²) in [5.74, 6) is 1.71. The number of urea groups is 1. The van der Waals surface area contributed by atoms with Crippen molar-refractivity contribution in [2.75, 3.05) is 19.7 Å². The standard InChI is InChI=1S/C21H26N2O3/c1-16-9-10-18(20(12-16)26-19-7-3-2-4-8-19)13-22-21(25)23-11-5-6-17(14-23)15-24/h2-4,7-10,12,17,24H,5-6,11,13-15H2,1H3,(H,22,25). The molecule has 0 aliphatic carbocycles. The third kappa shape index (κ3) is 4.76. The van der Waals surface area contributed by atoms with Crippen LogP contribution in [0.1, 0.15) is 24.0 Å². The van der Waals surface area contributed by atoms with Crippen LogP contribution in [0.15, 0.2) is 48.5 Å². The molecular weight excluding hydrogens is 328 g/mol. The summed E-state index contributed by atoms with van der Waals surface area (Å²) in [6, 6.07) is 15.5. The largest absolute Gasteiger partial charge is 0.457 e. The minimum atomic E-state index is -0.0885. The lowest BCUT2D eigenvalue weighted by molar-refractivity contribution is 0.129. The van der Waals surface area contributed by atoms with E-state index in [2.05, 4.69) is 5.32 Å². The highest BCUT2D eigenvalue weighted by molar-refractivity contribution is 5.74. The number of likely N-dealkylation sites (tertiary alicyclic amines) is 1. The maximum Gasteiger partial charge on any atom is 0.317 e. The van der Waals surface area contributed by atoms with Crippen LogP contribution in [-0.2, 0) is 6.54 Å². The number of hydrogen-bond acceptors (Lipinski definition) is 3. The molecule has 0 bridgehead atoms. The number of nitrogens with one attached hydrogen (secondary N) is 1. The van der Waals surface area contributed by atoms with Crippen LogP contribution in [0.4, 0.5) is 4.79 Å². The Balaban J connectivity index is 1.65. The smallest absolute Gasteiger partial charge is 0.317 e. The number of aliphatic hydroxyl groups is 1. The van der Waals surface area contributed by atoms with Crippen molar-refractivity contribution in [2.24, 2.45) is 5.92 Å². The average molecular weight is 354 g/mol. The molecule has 2 aromatic carbocycles. The van der Waals surface area contributed by atoms with Crippen LogP contribution in [0, 0.1) is 12.8 Å². The highest BCUT2D eigenvalue weighted by Gasteiger charge is 2.23. The molecule has 1 heterocycles. The Bertz CT molecular complexity index is 733. The zero-order valence-electron chi connectivity index (χ0n) is 15.1. The first-order chi connectivity index (χ1) is 12.7. The third-order valence-corrected chi connectivity index (χ3v) is 4.69. The van der Waals surface area contributed by atoms with E-state index in [1.165, 1.54) is 0 Å². The number of amides is 2. The molecule has 1 fully saturated rings. The van der Waals surface area contributed by atoms with Crippen LogP contribution in [0.2, 0.25) is 0 Å². The van der Waals surface area contributed by atoms with Gasteiger partial charge in [0, 0.05) is 31.8 Å². The molecule has 5 heteroatoms. The minimum Gasteiger partial charge on any atom is -0.457 e. The molecule has 0 radical (unpaired) electrons. The Morgan fingerprint density at radius 1 is 1.27 bits per heavy atom. The lowest BCUT2D eigenvalue weighted by Gasteiger charge is -2.31. The number of hydrogen-bond donors (Lipinski definition) is 2. The number of nitrogens with zero attached hydrogens (tertiary/aromatic N) is 1. The van der Waals surface area contributed by atoms with Crippen LogP contribution in [-0.4, -0.2) is 35.7 Å². The van der Waals surface area contributed by atoms with Crippen LogP contribution < -0.4 is 10.1 Å². The predicted molar refractivity (Wildman–Crippen MR) is 101 cm³/mol. The van der Waals surface area contributed by atoms with Crippen LogP contribution >= 0.6 is 0 Å². The van der Waals surface area contributed by atoms with Gasteiger partial charge in [0.15, 0.2) is 0 Å². The van der Waals surface area contributed by atoms with Crippen molar-refractivity contribution in [2.45, 2.75) is 26.3 Å². The van der Waals surface area contributed by atoms with Gasteiger partial charge in [-0.05, 0) is 49.4 Å². The summed E-state index contributed by atoms with van der Waals surface area (Å²) in [4.78, 5) is 14.2. The van der Waals surface area contributed by atoms with E-state index in [0.717, 1.165) is 42.0 Å². The van der Waals surface area contributed by atoms with Gasteiger partial charge in [0.25, 0.3) is 0 Å². The summed E-state index contributed by atoms with van der Waals surface area (Å²) in [5, 5.41) is 12.3. The van der Waals surface area contributed by atoms with E-state index in [1.807, 2.05) is 55.5 Å². The number of aliphatic hydroxyl groups excluding tert-OH is 1. The summed E-state index contributed by atoms with van der Waals surface area (Å²) in [6.45, 7) is 3.91. The van der Waals surface area contributed by atoms with Crippen LogP contribution in [0.3, 0.4) is 0 Å². The second-order valence-corrected chi connectivity index (χ2v) is 6.82. The molecule has 2 amide bonds. The first-order valence-corrected chi connectivity index (χ1v) is 9.12. The van der Waals surface area contributed by atoms with E-state index in [-0.39, 0.29) is 18.6 Å². The molecule has 2 N–H and O–H groups in total. The Morgan fingerprint density at radius 3 is 2.85 bits per heavy atom. The van der Waals surface area contributed by atoms with Crippen molar-refractivity contribution in [1.82, 2.24) is 10.2 Å². The van der Waals surface area contributed by atoms with Gasteiger partial charge in [-0.15, -0.1) is 0 Å². The van der Waals surface area contributed by atoms with Gasteiger partial charge >= 0.3 is 6.03 Å². The monoisotopic (exact) mass is 354 g/mol. The van der Waals surface area contributed by atoms with E-state index in [1.54, 1.807) is 4.90 Å². The minimum absolute atomic E-state index is 0.0885. The quantitative estimate of drug-likeness (QED) is 0.861. The molecule has 1 aliphatic heterocycles. The van der Waals surface area contributed by atoms with Gasteiger partial charge < -0.3 is 20.1 Å². The lowest BCUT2D eigenvalue weighted by Crippen LogP contribution is -2.45. The molecule has 26 heavy (non-hydrogen) atoms. The molecule has 0 spiro atoms. The molecular formula is C21H26N2O3. The summed E-state index contributed by atoms with van der Waals surface area (Å²) < 4.78 is 6.00. The highest BCUT2D eigenvalue weighted by Crippen LogP contribution is 2.26. The number of benzene rings is 2. The Kier molecular flexibility index (Phi) is 6.12. The summed E-state index contributed by atoms with van der Waals surface area (Å²) >= 11 is 0. The lowest BCUT2D eigenvalue weighted by atomic mass is 9.99. The van der Waals surface area contributed by atoms with E-state index in [4.69, 9.17) is 4.74 Å². The summed E-state index contributed by atoms with van der Waals surface area (Å²) in [5.41, 5.74) is 2.04. The number of rotatable bonds is 5. The van der Waals surface area contributed by atoms with Gasteiger partial charge in [0.2, 0.25) is 0 Å². The highest BCUT2D eigenvalue weighted by atomic mass is 16.5. The Hall–Kier alpha value is -2.53. The molecule has 3 rings (SSSR count). The van der Waals surface area contributed by atoms with Gasteiger partial charge in [-0.1, -0.05) is 30.3 Å². The van der Waals surface area contributed by atoms with Gasteiger partial charge in [-0.3, -0.25) is 0 Å². The fourth-order valence-corrected chi connectivity index (χ4v) is 3.20. The zero-order chi connectivity index (χ0) is 18.4. The Morgan fingerprint density at radius 2 is 2.08 bits per heavy atom. The number of piperidine rings is 1. The normalized spacial score (nSPS) is 17.0. The Labute approximate surface area is 154 Å². The maximum atomic E-state index is 12.5. The molecule has 1 unspecified atom stereocenters. The second kappa shape index (κ2) is 8.72. The van der Waals surface area contributed by atoms with Gasteiger partial charge in [0.05, 0.1) is 0 Å². The molecule has 5 nitrogen and oxygen atoms in total. The molecule has 0 saturated carbocycles. The second-order valence-electron chi connectivity index (χ2n) is 6.82. The van der Waals surface area contributed by atoms with Gasteiger partial charge in [-0.2, -0.15) is 0 Å². The van der Waals surface area contributed by atoms with Crippen molar-refractivity contribution in [3.63, 3.8) is 0 Å². The summed E-state index contributed by atoms with van der Waals surface area (Å²) in [7, 11) is 0. The van der Waals surface area contributed by atoms with Crippen LogP contribution in [0.25, 0.3) is 0 Å². The first-order valence-electron chi connectivity index (χ1n) is 9.12. The number of aryl methyl sites for hydroxylation is 1. The maximum absolute atomic E-state index is 12.5. The molecule has 1 aliphatic rings. The van der Waals surface area contributed by atoms with E-state index in [9.17, 15) is 9.90 Å². The first kappa shape index (κ1) is 18.3. The van der Waals surface area contributed by atoms with Crippen LogP contribution in [0.5, 0.6) is 11.5 Å². The molecule has 2 aromatic rings. The average Bonchev–Trinajstić information content (AvgIpc) is 2.68. The number of ether oxygens (including phenoxy) is 1. The van der Waals surface area contributed by atoms with Crippen molar-refractivity contribution >= 4 is 6.03 Å². The number of carbonyl (C=O) groups is 1. The van der Waals surface area contributed by atoms with Crippen molar-refractivity contribution < 1.29 is 14.6 Å². The van der Waals surface area contributed by atoms with Crippen molar-refractivity contribution in [3.05, 3.63) is 59.7 Å². The molecule has 1 atom stereocenters.